The Labute approximate surface area is 128 Å². The maximum Gasteiger partial charge on any atom is 0.432 e. The van der Waals surface area contributed by atoms with E-state index in [2.05, 4.69) is 28.2 Å². The van der Waals surface area contributed by atoms with Crippen molar-refractivity contribution in [2.24, 2.45) is 0 Å². The van der Waals surface area contributed by atoms with Crippen LogP contribution in [0.25, 0.3) is 0 Å². The first-order valence-electron chi connectivity index (χ1n) is 6.55. The zero-order chi connectivity index (χ0) is 16.0. The predicted molar refractivity (Wildman–Crippen MR) is 76.2 cm³/mol. The Hall–Kier alpha value is -1.31. The highest BCUT2D eigenvalue weighted by molar-refractivity contribution is 9.10. The number of halogens is 4. The normalized spacial score (nSPS) is 11.5. The summed E-state index contributed by atoms with van der Waals surface area (Å²) >= 11 is 2.72. The van der Waals surface area contributed by atoms with Crippen molar-refractivity contribution < 1.29 is 18.0 Å². The molecule has 0 bridgehead atoms. The number of aromatic amines is 1. The van der Waals surface area contributed by atoms with Crippen LogP contribution in [-0.4, -0.2) is 17.4 Å². The van der Waals surface area contributed by atoms with Gasteiger partial charge in [-0.05, 0) is 28.4 Å². The van der Waals surface area contributed by atoms with Gasteiger partial charge < -0.3 is 10.3 Å². The molecule has 0 aliphatic heterocycles. The number of nitrogens with one attached hydrogen (secondary N) is 2. The highest BCUT2D eigenvalue weighted by Crippen LogP contribution is 2.32. The molecule has 0 atom stereocenters. The average molecular weight is 369 g/mol. The van der Waals surface area contributed by atoms with Gasteiger partial charge in [-0.25, -0.2) is 0 Å². The summed E-state index contributed by atoms with van der Waals surface area (Å²) in [5, 5.41) is 2.52. The SMILES string of the molecule is CCCCCCNC(=O)c1cc(Br)c(C(F)(F)F)[nH]c1=O. The van der Waals surface area contributed by atoms with Crippen LogP contribution in [0.3, 0.4) is 0 Å². The molecule has 0 fully saturated rings. The van der Waals surface area contributed by atoms with Crippen LogP contribution in [0, 0.1) is 0 Å². The first-order valence-corrected chi connectivity index (χ1v) is 7.35. The lowest BCUT2D eigenvalue weighted by molar-refractivity contribution is -0.142. The number of carbonyl (C=O) groups is 1. The molecule has 1 aromatic rings. The first-order chi connectivity index (χ1) is 9.77. The highest BCUT2D eigenvalue weighted by Gasteiger charge is 2.35. The lowest BCUT2D eigenvalue weighted by atomic mass is 10.2. The quantitative estimate of drug-likeness (QED) is 0.755. The number of hydrogen-bond donors (Lipinski definition) is 2. The third kappa shape index (κ3) is 5.18. The van der Waals surface area contributed by atoms with Crippen LogP contribution in [-0.2, 0) is 6.18 Å². The predicted octanol–water partition coefficient (Wildman–Crippen LogP) is 3.47. The summed E-state index contributed by atoms with van der Waals surface area (Å²) in [6.45, 7) is 2.44. The van der Waals surface area contributed by atoms with Gasteiger partial charge in [-0.3, -0.25) is 9.59 Å². The Bertz CT molecular complexity index is 555. The summed E-state index contributed by atoms with van der Waals surface area (Å²) in [6.07, 6.45) is -0.877. The van der Waals surface area contributed by atoms with E-state index in [9.17, 15) is 22.8 Å². The van der Waals surface area contributed by atoms with Crippen LogP contribution in [0.15, 0.2) is 15.3 Å². The van der Waals surface area contributed by atoms with Crippen LogP contribution in [0.2, 0.25) is 0 Å². The molecule has 0 saturated carbocycles. The molecule has 8 heteroatoms. The van der Waals surface area contributed by atoms with Gasteiger partial charge in [-0.15, -0.1) is 0 Å². The Morgan fingerprint density at radius 2 is 2.00 bits per heavy atom. The van der Waals surface area contributed by atoms with Gasteiger partial charge in [0.2, 0.25) is 0 Å². The van der Waals surface area contributed by atoms with E-state index in [1.165, 1.54) is 0 Å². The minimum atomic E-state index is -4.69. The Kier molecular flexibility index (Phi) is 6.44. The molecular weight excluding hydrogens is 353 g/mol. The molecule has 0 saturated heterocycles. The Morgan fingerprint density at radius 1 is 1.33 bits per heavy atom. The van der Waals surface area contributed by atoms with E-state index < -0.39 is 23.3 Å². The summed E-state index contributed by atoms with van der Waals surface area (Å²) in [6, 6.07) is 0.892. The van der Waals surface area contributed by atoms with Gasteiger partial charge in [0.15, 0.2) is 0 Å². The van der Waals surface area contributed by atoms with Crippen molar-refractivity contribution in [3.05, 3.63) is 32.2 Å². The third-order valence-electron chi connectivity index (χ3n) is 2.84. The van der Waals surface area contributed by atoms with Gasteiger partial charge in [0, 0.05) is 11.0 Å². The molecule has 0 radical (unpaired) electrons. The fourth-order valence-electron chi connectivity index (χ4n) is 1.73. The summed E-state index contributed by atoms with van der Waals surface area (Å²) in [5.41, 5.74) is -2.60. The molecule has 0 aromatic carbocycles. The molecule has 0 unspecified atom stereocenters. The van der Waals surface area contributed by atoms with Crippen molar-refractivity contribution in [2.45, 2.75) is 38.8 Å². The second-order valence-corrected chi connectivity index (χ2v) is 5.40. The number of hydrogen-bond acceptors (Lipinski definition) is 2. The number of carbonyl (C=O) groups excluding carboxylic acids is 1. The number of pyridine rings is 1. The van der Waals surface area contributed by atoms with Crippen molar-refractivity contribution in [2.75, 3.05) is 6.54 Å². The molecule has 21 heavy (non-hydrogen) atoms. The van der Waals surface area contributed by atoms with Crippen molar-refractivity contribution in [3.63, 3.8) is 0 Å². The second kappa shape index (κ2) is 7.63. The van der Waals surface area contributed by atoms with E-state index >= 15 is 0 Å². The molecule has 0 aliphatic carbocycles. The van der Waals surface area contributed by atoms with Gasteiger partial charge in [0.05, 0.1) is 0 Å². The summed E-state index contributed by atoms with van der Waals surface area (Å²) in [7, 11) is 0. The van der Waals surface area contributed by atoms with E-state index in [1.807, 2.05) is 0 Å². The zero-order valence-electron chi connectivity index (χ0n) is 11.4. The second-order valence-electron chi connectivity index (χ2n) is 4.55. The first kappa shape index (κ1) is 17.7. The Balaban J connectivity index is 2.78. The summed E-state index contributed by atoms with van der Waals surface area (Å²) in [5.74, 6) is -0.679. The molecule has 4 nitrogen and oxygen atoms in total. The van der Waals surface area contributed by atoms with E-state index in [4.69, 9.17) is 0 Å². The molecule has 1 rings (SSSR count). The minimum absolute atomic E-state index is 0.342. The smallest absolute Gasteiger partial charge is 0.352 e. The molecule has 1 aromatic heterocycles. The monoisotopic (exact) mass is 368 g/mol. The number of unbranched alkanes of at least 4 members (excludes halogenated alkanes) is 3. The number of aromatic nitrogens is 1. The lowest BCUT2D eigenvalue weighted by Gasteiger charge is -2.10. The zero-order valence-corrected chi connectivity index (χ0v) is 13.0. The van der Waals surface area contributed by atoms with Gasteiger partial charge in [0.25, 0.3) is 11.5 Å². The van der Waals surface area contributed by atoms with E-state index in [0.29, 0.717) is 6.54 Å². The van der Waals surface area contributed by atoms with E-state index in [0.717, 1.165) is 31.7 Å². The van der Waals surface area contributed by atoms with Gasteiger partial charge in [-0.2, -0.15) is 13.2 Å². The Morgan fingerprint density at radius 3 is 2.57 bits per heavy atom. The topological polar surface area (TPSA) is 62.0 Å². The number of H-pyrrole nitrogens is 1. The van der Waals surface area contributed by atoms with Crippen LogP contribution < -0.4 is 10.9 Å². The van der Waals surface area contributed by atoms with Gasteiger partial charge in [-0.1, -0.05) is 26.2 Å². The van der Waals surface area contributed by atoms with Crippen molar-refractivity contribution >= 4 is 21.8 Å². The molecule has 2 N–H and O–H groups in total. The largest absolute Gasteiger partial charge is 0.432 e. The molecular formula is C13H16BrF3N2O2. The van der Waals surface area contributed by atoms with Crippen LogP contribution in [0.4, 0.5) is 13.2 Å². The molecule has 0 aliphatic rings. The van der Waals surface area contributed by atoms with Crippen LogP contribution >= 0.6 is 15.9 Å². The standard InChI is InChI=1S/C13H16BrF3N2O2/c1-2-3-4-5-6-18-11(20)8-7-9(14)10(13(15,16)17)19-12(8)21/h7H,2-6H2,1H3,(H,18,20)(H,19,21). The molecule has 1 heterocycles. The van der Waals surface area contributed by atoms with E-state index in [-0.39, 0.29) is 10.0 Å². The maximum absolute atomic E-state index is 12.6. The minimum Gasteiger partial charge on any atom is -0.352 e. The van der Waals surface area contributed by atoms with Crippen molar-refractivity contribution in [1.82, 2.24) is 10.3 Å². The van der Waals surface area contributed by atoms with Crippen LogP contribution in [0.5, 0.6) is 0 Å². The average Bonchev–Trinajstić information content (AvgIpc) is 2.39. The number of amides is 1. The summed E-state index contributed by atoms with van der Waals surface area (Å²) in [4.78, 5) is 25.0. The lowest BCUT2D eigenvalue weighted by Crippen LogP contribution is -2.31. The summed E-state index contributed by atoms with van der Waals surface area (Å²) < 4.78 is 37.4. The molecule has 0 spiro atoms. The van der Waals surface area contributed by atoms with Crippen LogP contribution in [0.1, 0.15) is 48.7 Å². The highest BCUT2D eigenvalue weighted by atomic mass is 79.9. The fraction of sp³-hybridized carbons (Fsp3) is 0.538. The molecule has 1 amide bonds. The third-order valence-corrected chi connectivity index (χ3v) is 3.46. The van der Waals surface area contributed by atoms with Crippen molar-refractivity contribution in [3.8, 4) is 0 Å². The number of rotatable bonds is 6. The fourth-order valence-corrected chi connectivity index (χ4v) is 2.28. The number of alkyl halides is 3. The van der Waals surface area contributed by atoms with E-state index in [1.54, 1.807) is 4.98 Å². The van der Waals surface area contributed by atoms with Gasteiger partial charge >= 0.3 is 6.18 Å². The molecule has 118 valence electrons. The van der Waals surface area contributed by atoms with Gasteiger partial charge in [0.1, 0.15) is 11.3 Å². The van der Waals surface area contributed by atoms with Crippen molar-refractivity contribution in [1.29, 1.82) is 0 Å². The maximum atomic E-state index is 12.6.